The Morgan fingerprint density at radius 1 is 0.952 bits per heavy atom. The van der Waals surface area contributed by atoms with Crippen LogP contribution in [0.25, 0.3) is 0 Å². The minimum absolute atomic E-state index is 0.0231. The lowest BCUT2D eigenvalue weighted by atomic mass is 10.2. The molecule has 0 unspecified atom stereocenters. The second-order valence-corrected chi connectivity index (χ2v) is 4.37. The molecule has 1 saturated heterocycles. The summed E-state index contributed by atoms with van der Waals surface area (Å²) in [7, 11) is 0. The second-order valence-electron chi connectivity index (χ2n) is 4.37. The molecule has 1 rings (SSSR count). The molecule has 0 spiro atoms. The van der Waals surface area contributed by atoms with Crippen LogP contribution >= 0.6 is 0 Å². The summed E-state index contributed by atoms with van der Waals surface area (Å²) in [4.78, 5) is 42.0. The Morgan fingerprint density at radius 3 is 1.76 bits per heavy atom. The molecule has 0 bridgehead atoms. The Kier molecular flexibility index (Phi) is 7.94. The average molecular weight is 306 g/mol. The van der Waals surface area contributed by atoms with Gasteiger partial charge in [-0.2, -0.15) is 0 Å². The average Bonchev–Trinajstić information content (AvgIpc) is 3.17. The smallest absolute Gasteiger partial charge is 0.321 e. The number of carboxylic acids is 4. The number of nitrogens with zero attached hydrogens (tertiary/aromatic N) is 1. The van der Waals surface area contributed by atoms with Crippen LogP contribution < -0.4 is 5.73 Å². The highest BCUT2D eigenvalue weighted by Gasteiger charge is 2.34. The number of nitrogens with two attached hydrogens (primary N) is 1. The monoisotopic (exact) mass is 306 g/mol. The molecule has 0 aromatic rings. The zero-order valence-electron chi connectivity index (χ0n) is 11.1. The van der Waals surface area contributed by atoms with E-state index in [2.05, 4.69) is 0 Å². The van der Waals surface area contributed by atoms with E-state index in [1.807, 2.05) is 0 Å². The second kappa shape index (κ2) is 8.87. The summed E-state index contributed by atoms with van der Waals surface area (Å²) in [6, 6.07) is -1.89. The van der Waals surface area contributed by atoms with Gasteiger partial charge >= 0.3 is 23.9 Å². The standard InChI is InChI=1S/C6H9NO4.C5H9NO4/c8-5(9)3-4(6(10)11)7-1-2-7;6-3(5(9)10)1-2-4(7)8/h4H,1-3H2,(H,8,9)(H,10,11);3H,1-2,6H2,(H,7,8)(H,9,10)/t4-;3-/m00/s1. The summed E-state index contributed by atoms with van der Waals surface area (Å²) >= 11 is 0. The van der Waals surface area contributed by atoms with Crippen molar-refractivity contribution in [1.82, 2.24) is 4.90 Å². The van der Waals surface area contributed by atoms with E-state index >= 15 is 0 Å². The van der Waals surface area contributed by atoms with Crippen LogP contribution in [0.5, 0.6) is 0 Å². The van der Waals surface area contributed by atoms with Gasteiger partial charge in [-0.1, -0.05) is 0 Å². The van der Waals surface area contributed by atoms with Gasteiger partial charge in [0.15, 0.2) is 0 Å². The number of aliphatic carboxylic acids is 4. The van der Waals surface area contributed by atoms with Crippen molar-refractivity contribution < 1.29 is 39.6 Å². The Morgan fingerprint density at radius 2 is 1.48 bits per heavy atom. The van der Waals surface area contributed by atoms with Crippen LogP contribution in [0.1, 0.15) is 19.3 Å². The maximum Gasteiger partial charge on any atom is 0.321 e. The van der Waals surface area contributed by atoms with Crippen molar-refractivity contribution in [2.45, 2.75) is 31.3 Å². The van der Waals surface area contributed by atoms with Crippen molar-refractivity contribution in [3.05, 3.63) is 0 Å². The Bertz CT molecular complexity index is 407. The highest BCUT2D eigenvalue weighted by molar-refractivity contribution is 5.80. The van der Waals surface area contributed by atoms with Crippen molar-refractivity contribution in [3.8, 4) is 0 Å². The molecule has 0 aromatic heterocycles. The summed E-state index contributed by atoms with van der Waals surface area (Å²) in [5.74, 6) is -4.31. The van der Waals surface area contributed by atoms with Gasteiger partial charge in [0.25, 0.3) is 0 Å². The molecule has 1 fully saturated rings. The molecule has 1 aliphatic rings. The molecule has 0 saturated carbocycles. The van der Waals surface area contributed by atoms with E-state index in [9.17, 15) is 19.2 Å². The fourth-order valence-electron chi connectivity index (χ4n) is 1.31. The maximum absolute atomic E-state index is 10.4. The minimum atomic E-state index is -1.17. The first-order valence-electron chi connectivity index (χ1n) is 6.04. The van der Waals surface area contributed by atoms with Gasteiger partial charge in [0.2, 0.25) is 0 Å². The molecule has 0 radical (unpaired) electrons. The molecule has 2 atom stereocenters. The maximum atomic E-state index is 10.4. The van der Waals surface area contributed by atoms with Gasteiger partial charge in [0.05, 0.1) is 6.42 Å². The highest BCUT2D eigenvalue weighted by Crippen LogP contribution is 2.13. The van der Waals surface area contributed by atoms with E-state index in [-0.39, 0.29) is 19.3 Å². The predicted octanol–water partition coefficient (Wildman–Crippen LogP) is -1.51. The molecule has 10 heteroatoms. The molecular formula is C11H18N2O8. The lowest BCUT2D eigenvalue weighted by molar-refractivity contribution is -0.147. The summed E-state index contributed by atoms with van der Waals surface area (Å²) in [5.41, 5.74) is 5.00. The van der Waals surface area contributed by atoms with Gasteiger partial charge in [-0.05, 0) is 6.42 Å². The van der Waals surface area contributed by atoms with Crippen molar-refractivity contribution in [1.29, 1.82) is 0 Å². The summed E-state index contributed by atoms with van der Waals surface area (Å²) in [6.45, 7) is 1.40. The number of carboxylic acid groups (broad SMARTS) is 4. The number of rotatable bonds is 8. The quantitative estimate of drug-likeness (QED) is 0.331. The molecular weight excluding hydrogens is 288 g/mol. The van der Waals surface area contributed by atoms with Gasteiger partial charge in [-0.3, -0.25) is 24.1 Å². The number of hydrogen-bond donors (Lipinski definition) is 5. The fourth-order valence-corrected chi connectivity index (χ4v) is 1.31. The molecule has 6 N–H and O–H groups in total. The van der Waals surface area contributed by atoms with Gasteiger partial charge in [-0.15, -0.1) is 0 Å². The number of carbonyl (C=O) groups is 4. The molecule has 120 valence electrons. The van der Waals surface area contributed by atoms with Crippen LogP contribution in [0.4, 0.5) is 0 Å². The molecule has 10 nitrogen and oxygen atoms in total. The van der Waals surface area contributed by atoms with Crippen LogP contribution in [-0.4, -0.2) is 74.4 Å². The van der Waals surface area contributed by atoms with Crippen LogP contribution in [0.3, 0.4) is 0 Å². The van der Waals surface area contributed by atoms with E-state index in [1.165, 1.54) is 0 Å². The Hall–Kier alpha value is -2.20. The zero-order chi connectivity index (χ0) is 16.6. The van der Waals surface area contributed by atoms with E-state index in [0.717, 1.165) is 0 Å². The topological polar surface area (TPSA) is 178 Å². The van der Waals surface area contributed by atoms with E-state index < -0.39 is 36.0 Å². The molecule has 0 amide bonds. The number of hydrogen-bond acceptors (Lipinski definition) is 6. The molecule has 21 heavy (non-hydrogen) atoms. The predicted molar refractivity (Wildman–Crippen MR) is 67.7 cm³/mol. The Labute approximate surface area is 119 Å². The van der Waals surface area contributed by atoms with E-state index in [4.69, 9.17) is 26.2 Å². The normalized spacial score (nSPS) is 16.0. The molecule has 1 heterocycles. The Balaban J connectivity index is 0.000000384. The first-order chi connectivity index (χ1) is 9.65. The van der Waals surface area contributed by atoms with Gasteiger partial charge in [0.1, 0.15) is 12.1 Å². The van der Waals surface area contributed by atoms with Gasteiger partial charge < -0.3 is 26.2 Å². The van der Waals surface area contributed by atoms with Crippen LogP contribution in [-0.2, 0) is 19.2 Å². The lowest BCUT2D eigenvalue weighted by Gasteiger charge is -2.08. The summed E-state index contributed by atoms with van der Waals surface area (Å²) in [5, 5.41) is 33.1. The third-order valence-corrected chi connectivity index (χ3v) is 2.56. The van der Waals surface area contributed by atoms with E-state index in [0.29, 0.717) is 13.1 Å². The molecule has 1 aliphatic heterocycles. The van der Waals surface area contributed by atoms with Crippen molar-refractivity contribution in [2.75, 3.05) is 13.1 Å². The first kappa shape index (κ1) is 18.8. The minimum Gasteiger partial charge on any atom is -0.481 e. The summed E-state index contributed by atoms with van der Waals surface area (Å²) in [6.07, 6.45) is -0.534. The lowest BCUT2D eigenvalue weighted by Crippen LogP contribution is -2.31. The highest BCUT2D eigenvalue weighted by atomic mass is 16.4. The van der Waals surface area contributed by atoms with Crippen molar-refractivity contribution in [3.63, 3.8) is 0 Å². The van der Waals surface area contributed by atoms with Crippen LogP contribution in [0.2, 0.25) is 0 Å². The third-order valence-electron chi connectivity index (χ3n) is 2.56. The van der Waals surface area contributed by atoms with Crippen molar-refractivity contribution in [2.24, 2.45) is 5.73 Å². The summed E-state index contributed by atoms with van der Waals surface area (Å²) < 4.78 is 0. The van der Waals surface area contributed by atoms with Crippen LogP contribution in [0.15, 0.2) is 0 Å². The van der Waals surface area contributed by atoms with Gasteiger partial charge in [-0.25, -0.2) is 0 Å². The fraction of sp³-hybridized carbons (Fsp3) is 0.636. The molecule has 0 aromatic carbocycles. The first-order valence-corrected chi connectivity index (χ1v) is 6.04. The zero-order valence-corrected chi connectivity index (χ0v) is 11.1. The van der Waals surface area contributed by atoms with Gasteiger partial charge in [0, 0.05) is 19.5 Å². The van der Waals surface area contributed by atoms with E-state index in [1.54, 1.807) is 4.90 Å². The third kappa shape index (κ3) is 9.35. The largest absolute Gasteiger partial charge is 0.481 e. The van der Waals surface area contributed by atoms with Crippen LogP contribution in [0, 0.1) is 0 Å². The SMILES string of the molecule is N[C@@H](CCC(=O)O)C(=O)O.O=C(O)C[C@@H](C(=O)O)N1CC1. The van der Waals surface area contributed by atoms with Crippen molar-refractivity contribution >= 4 is 23.9 Å². The molecule has 0 aliphatic carbocycles.